The van der Waals surface area contributed by atoms with E-state index >= 15 is 0 Å². The SMILES string of the molecule is COc1ccccc1C(=O)Nc1c2c(nn1-c1ccc(C)cc1)C[S@@](=O)C2. The van der Waals surface area contributed by atoms with Gasteiger partial charge in [0.15, 0.2) is 0 Å². The third-order valence-electron chi connectivity index (χ3n) is 4.53. The topological polar surface area (TPSA) is 73.2 Å². The van der Waals surface area contributed by atoms with Gasteiger partial charge < -0.3 is 10.1 Å². The number of nitrogens with one attached hydrogen (secondary N) is 1. The molecule has 0 spiro atoms. The Morgan fingerprint density at radius 3 is 2.63 bits per heavy atom. The van der Waals surface area contributed by atoms with Gasteiger partial charge in [-0.25, -0.2) is 4.68 Å². The average molecular weight is 381 g/mol. The van der Waals surface area contributed by atoms with Crippen molar-refractivity contribution in [3.8, 4) is 11.4 Å². The molecule has 0 saturated carbocycles. The van der Waals surface area contributed by atoms with Gasteiger partial charge in [-0.15, -0.1) is 0 Å². The van der Waals surface area contributed by atoms with E-state index in [1.807, 2.05) is 37.3 Å². The molecular formula is C20H19N3O3S. The number of hydrogen-bond acceptors (Lipinski definition) is 4. The molecule has 0 fully saturated rings. The molecule has 1 aromatic heterocycles. The Hall–Kier alpha value is -2.93. The van der Waals surface area contributed by atoms with Crippen molar-refractivity contribution in [1.82, 2.24) is 9.78 Å². The van der Waals surface area contributed by atoms with E-state index < -0.39 is 10.8 Å². The summed E-state index contributed by atoms with van der Waals surface area (Å²) >= 11 is 0. The number of rotatable bonds is 4. The van der Waals surface area contributed by atoms with E-state index in [-0.39, 0.29) is 5.91 Å². The Morgan fingerprint density at radius 1 is 1.15 bits per heavy atom. The number of anilines is 1. The molecule has 1 N–H and O–H groups in total. The highest BCUT2D eigenvalue weighted by molar-refractivity contribution is 7.83. The van der Waals surface area contributed by atoms with Crippen LogP contribution in [0.15, 0.2) is 48.5 Å². The highest BCUT2D eigenvalue weighted by Gasteiger charge is 2.28. The zero-order valence-electron chi connectivity index (χ0n) is 15.1. The Balaban J connectivity index is 1.76. The predicted molar refractivity (Wildman–Crippen MR) is 105 cm³/mol. The van der Waals surface area contributed by atoms with E-state index in [4.69, 9.17) is 4.74 Å². The molecule has 1 aliphatic rings. The molecule has 0 unspecified atom stereocenters. The van der Waals surface area contributed by atoms with Crippen molar-refractivity contribution in [1.29, 1.82) is 0 Å². The van der Waals surface area contributed by atoms with Crippen LogP contribution in [0.5, 0.6) is 5.75 Å². The summed E-state index contributed by atoms with van der Waals surface area (Å²) in [5, 5.41) is 7.57. The standard InChI is InChI=1S/C20H19N3O3S/c1-13-7-9-14(10-8-13)23-19(16-11-27(25)12-17(16)22-23)21-20(24)15-5-3-4-6-18(15)26-2/h3-10H,11-12H2,1-2H3,(H,21,24)/t27-/m0/s1. The summed E-state index contributed by atoms with van der Waals surface area (Å²) in [7, 11) is 0.547. The van der Waals surface area contributed by atoms with E-state index in [0.717, 1.165) is 22.5 Å². The number of aryl methyl sites for hydroxylation is 1. The van der Waals surface area contributed by atoms with Crippen LogP contribution in [0, 0.1) is 6.92 Å². The third kappa shape index (κ3) is 3.26. The smallest absolute Gasteiger partial charge is 0.260 e. The molecule has 1 atom stereocenters. The number of carbonyl (C=O) groups excluding carboxylic acids is 1. The lowest BCUT2D eigenvalue weighted by atomic mass is 10.2. The highest BCUT2D eigenvalue weighted by Crippen LogP contribution is 2.32. The number of amides is 1. The maximum atomic E-state index is 12.9. The fraction of sp³-hybridized carbons (Fsp3) is 0.200. The van der Waals surface area contributed by atoms with Gasteiger partial charge in [-0.3, -0.25) is 9.00 Å². The molecule has 2 aromatic carbocycles. The normalized spacial score (nSPS) is 15.4. The van der Waals surface area contributed by atoms with Gasteiger partial charge in [0.2, 0.25) is 0 Å². The Labute approximate surface area is 159 Å². The molecule has 3 aromatic rings. The van der Waals surface area contributed by atoms with Crippen molar-refractivity contribution in [2.24, 2.45) is 0 Å². The molecule has 4 rings (SSSR count). The number of para-hydroxylation sites is 1. The van der Waals surface area contributed by atoms with Crippen molar-refractivity contribution < 1.29 is 13.7 Å². The van der Waals surface area contributed by atoms with Crippen LogP contribution in [0.2, 0.25) is 0 Å². The van der Waals surface area contributed by atoms with E-state index in [1.54, 1.807) is 22.9 Å². The van der Waals surface area contributed by atoms with Crippen LogP contribution in [0.1, 0.15) is 27.2 Å². The van der Waals surface area contributed by atoms with Crippen molar-refractivity contribution in [2.75, 3.05) is 12.4 Å². The number of ether oxygens (including phenoxy) is 1. The van der Waals surface area contributed by atoms with Crippen molar-refractivity contribution >= 4 is 22.5 Å². The zero-order valence-corrected chi connectivity index (χ0v) is 15.9. The van der Waals surface area contributed by atoms with Gasteiger partial charge in [0.1, 0.15) is 11.6 Å². The summed E-state index contributed by atoms with van der Waals surface area (Å²) in [6.07, 6.45) is 0. The molecule has 0 bridgehead atoms. The number of nitrogens with zero attached hydrogens (tertiary/aromatic N) is 2. The monoisotopic (exact) mass is 381 g/mol. The summed E-state index contributed by atoms with van der Waals surface area (Å²) in [5.41, 5.74) is 4.01. The lowest BCUT2D eigenvalue weighted by Crippen LogP contribution is -2.17. The highest BCUT2D eigenvalue weighted by atomic mass is 32.2. The summed E-state index contributed by atoms with van der Waals surface area (Å²) in [6, 6.07) is 14.9. The molecule has 7 heteroatoms. The molecule has 0 aliphatic carbocycles. The first-order valence-electron chi connectivity index (χ1n) is 8.54. The van der Waals surface area contributed by atoms with Gasteiger partial charge in [0, 0.05) is 16.4 Å². The van der Waals surface area contributed by atoms with Gasteiger partial charge in [-0.1, -0.05) is 29.8 Å². The van der Waals surface area contributed by atoms with Crippen molar-refractivity contribution in [3.05, 3.63) is 70.9 Å². The number of benzene rings is 2. The van der Waals surface area contributed by atoms with Crippen LogP contribution in [0.4, 0.5) is 5.82 Å². The number of methoxy groups -OCH3 is 1. The van der Waals surface area contributed by atoms with Crippen LogP contribution in [0.3, 0.4) is 0 Å². The van der Waals surface area contributed by atoms with Crippen LogP contribution in [-0.2, 0) is 22.3 Å². The summed E-state index contributed by atoms with van der Waals surface area (Å²) in [4.78, 5) is 12.9. The first-order valence-corrected chi connectivity index (χ1v) is 10.0. The van der Waals surface area contributed by atoms with E-state index in [2.05, 4.69) is 10.4 Å². The van der Waals surface area contributed by atoms with Gasteiger partial charge in [0.25, 0.3) is 5.91 Å². The molecule has 0 radical (unpaired) electrons. The first-order chi connectivity index (χ1) is 13.1. The van der Waals surface area contributed by atoms with Crippen LogP contribution in [-0.4, -0.2) is 27.0 Å². The number of fused-ring (bicyclic) bond motifs is 1. The Kier molecular flexibility index (Phi) is 4.53. The summed E-state index contributed by atoms with van der Waals surface area (Å²) < 4.78 is 19.0. The minimum absolute atomic E-state index is 0.291. The molecule has 1 aliphatic heterocycles. The second kappa shape index (κ2) is 7.00. The number of hydrogen-bond donors (Lipinski definition) is 1. The fourth-order valence-corrected chi connectivity index (χ4v) is 4.40. The minimum Gasteiger partial charge on any atom is -0.496 e. The number of aromatic nitrogens is 2. The Bertz CT molecular complexity index is 1040. The fourth-order valence-electron chi connectivity index (χ4n) is 3.14. The van der Waals surface area contributed by atoms with Crippen LogP contribution >= 0.6 is 0 Å². The largest absolute Gasteiger partial charge is 0.496 e. The van der Waals surface area contributed by atoms with Gasteiger partial charge in [0.05, 0.1) is 35.6 Å². The first kappa shape index (κ1) is 17.5. The van der Waals surface area contributed by atoms with E-state index in [1.165, 1.54) is 7.11 Å². The number of carbonyl (C=O) groups is 1. The molecule has 2 heterocycles. The molecule has 6 nitrogen and oxygen atoms in total. The zero-order chi connectivity index (χ0) is 19.0. The quantitative estimate of drug-likeness (QED) is 0.753. The predicted octanol–water partition coefficient (Wildman–Crippen LogP) is 3.20. The summed E-state index contributed by atoms with van der Waals surface area (Å²) in [6.45, 7) is 2.01. The second-order valence-corrected chi connectivity index (χ2v) is 7.86. The van der Waals surface area contributed by atoms with Crippen molar-refractivity contribution in [3.63, 3.8) is 0 Å². The second-order valence-electron chi connectivity index (χ2n) is 6.40. The molecule has 138 valence electrons. The molecule has 1 amide bonds. The maximum Gasteiger partial charge on any atom is 0.260 e. The Morgan fingerprint density at radius 2 is 1.89 bits per heavy atom. The van der Waals surface area contributed by atoms with E-state index in [0.29, 0.717) is 28.6 Å². The van der Waals surface area contributed by atoms with Gasteiger partial charge in [-0.05, 0) is 31.2 Å². The average Bonchev–Trinajstić information content (AvgIpc) is 3.19. The van der Waals surface area contributed by atoms with E-state index in [9.17, 15) is 9.00 Å². The molecule has 0 saturated heterocycles. The maximum absolute atomic E-state index is 12.9. The summed E-state index contributed by atoms with van der Waals surface area (Å²) in [5.74, 6) is 1.57. The third-order valence-corrected chi connectivity index (χ3v) is 5.74. The molecule has 27 heavy (non-hydrogen) atoms. The minimum atomic E-state index is -0.984. The molecular weight excluding hydrogens is 362 g/mol. The van der Waals surface area contributed by atoms with Gasteiger partial charge in [-0.2, -0.15) is 5.10 Å². The van der Waals surface area contributed by atoms with Crippen molar-refractivity contribution in [2.45, 2.75) is 18.4 Å². The van der Waals surface area contributed by atoms with Crippen LogP contribution < -0.4 is 10.1 Å². The lowest BCUT2D eigenvalue weighted by Gasteiger charge is -2.13. The lowest BCUT2D eigenvalue weighted by molar-refractivity contribution is 0.102. The van der Waals surface area contributed by atoms with Gasteiger partial charge >= 0.3 is 0 Å². The van der Waals surface area contributed by atoms with Crippen LogP contribution in [0.25, 0.3) is 5.69 Å².